The number of nitrogens with zero attached hydrogens (tertiary/aromatic N) is 2. The summed E-state index contributed by atoms with van der Waals surface area (Å²) in [6.45, 7) is 6.93. The van der Waals surface area contributed by atoms with Gasteiger partial charge in [-0.25, -0.2) is 0 Å². The molecule has 0 atom stereocenters. The van der Waals surface area contributed by atoms with Crippen LogP contribution in [-0.2, 0) is 13.0 Å². The SMILES string of the molecule is CCc1ccc(C(=O)Nc2ccc(N3CCN(Cc4ccccc4Cl)CC3)cc2)cc1. The maximum atomic E-state index is 12.5. The van der Waals surface area contributed by atoms with E-state index in [0.29, 0.717) is 5.56 Å². The number of amides is 1. The molecule has 0 aromatic heterocycles. The molecule has 0 bridgehead atoms. The second-order valence-electron chi connectivity index (χ2n) is 7.91. The van der Waals surface area contributed by atoms with E-state index in [1.807, 2.05) is 54.6 Å². The molecule has 5 heteroatoms. The van der Waals surface area contributed by atoms with Crippen LogP contribution in [0.15, 0.2) is 72.8 Å². The summed E-state index contributed by atoms with van der Waals surface area (Å²) in [7, 11) is 0. The zero-order valence-electron chi connectivity index (χ0n) is 17.9. The van der Waals surface area contributed by atoms with E-state index in [-0.39, 0.29) is 5.91 Å². The Bertz CT molecular complexity index is 1010. The van der Waals surface area contributed by atoms with Crippen LogP contribution in [0.25, 0.3) is 0 Å². The minimum atomic E-state index is -0.0800. The van der Waals surface area contributed by atoms with Crippen LogP contribution in [-0.4, -0.2) is 37.0 Å². The zero-order valence-corrected chi connectivity index (χ0v) is 18.6. The number of hydrogen-bond donors (Lipinski definition) is 1. The fraction of sp³-hybridized carbons (Fsp3) is 0.269. The molecule has 0 unspecified atom stereocenters. The maximum Gasteiger partial charge on any atom is 0.255 e. The van der Waals surface area contributed by atoms with Crippen LogP contribution < -0.4 is 10.2 Å². The molecule has 4 nitrogen and oxygen atoms in total. The molecule has 1 saturated heterocycles. The lowest BCUT2D eigenvalue weighted by molar-refractivity contribution is 0.102. The smallest absolute Gasteiger partial charge is 0.255 e. The first-order valence-electron chi connectivity index (χ1n) is 10.8. The molecule has 0 aliphatic carbocycles. The number of piperazine rings is 1. The topological polar surface area (TPSA) is 35.6 Å². The first-order valence-corrected chi connectivity index (χ1v) is 11.2. The van der Waals surface area contributed by atoms with Crippen molar-refractivity contribution >= 4 is 28.9 Å². The van der Waals surface area contributed by atoms with Crippen LogP contribution in [0.1, 0.15) is 28.4 Å². The largest absolute Gasteiger partial charge is 0.369 e. The Hall–Kier alpha value is -2.82. The van der Waals surface area contributed by atoms with Gasteiger partial charge in [-0.15, -0.1) is 0 Å². The summed E-state index contributed by atoms with van der Waals surface area (Å²) in [6, 6.07) is 23.9. The molecule has 31 heavy (non-hydrogen) atoms. The van der Waals surface area contributed by atoms with Crippen molar-refractivity contribution < 1.29 is 4.79 Å². The molecule has 160 valence electrons. The van der Waals surface area contributed by atoms with Gasteiger partial charge in [0, 0.05) is 54.7 Å². The third-order valence-electron chi connectivity index (χ3n) is 5.84. The van der Waals surface area contributed by atoms with Gasteiger partial charge in [0.05, 0.1) is 0 Å². The highest BCUT2D eigenvalue weighted by Gasteiger charge is 2.18. The van der Waals surface area contributed by atoms with Gasteiger partial charge >= 0.3 is 0 Å². The third kappa shape index (κ3) is 5.46. The summed E-state index contributed by atoms with van der Waals surface area (Å²) in [5, 5.41) is 3.82. The Morgan fingerprint density at radius 3 is 2.23 bits per heavy atom. The zero-order chi connectivity index (χ0) is 21.6. The van der Waals surface area contributed by atoms with Crippen LogP contribution in [0.3, 0.4) is 0 Å². The fourth-order valence-electron chi connectivity index (χ4n) is 3.88. The van der Waals surface area contributed by atoms with Crippen molar-refractivity contribution in [2.75, 3.05) is 36.4 Å². The number of carbonyl (C=O) groups is 1. The quantitative estimate of drug-likeness (QED) is 0.559. The lowest BCUT2D eigenvalue weighted by atomic mass is 10.1. The van der Waals surface area contributed by atoms with Gasteiger partial charge in [-0.1, -0.05) is 48.9 Å². The molecule has 4 rings (SSSR count). The predicted molar refractivity (Wildman–Crippen MR) is 129 cm³/mol. The number of hydrogen-bond acceptors (Lipinski definition) is 3. The highest BCUT2D eigenvalue weighted by atomic mass is 35.5. The number of rotatable bonds is 6. The Morgan fingerprint density at radius 2 is 1.58 bits per heavy atom. The molecule has 1 amide bonds. The predicted octanol–water partition coefficient (Wildman–Crippen LogP) is 5.48. The van der Waals surface area contributed by atoms with Gasteiger partial charge < -0.3 is 10.2 Å². The van der Waals surface area contributed by atoms with E-state index in [1.165, 1.54) is 16.8 Å². The molecule has 3 aromatic rings. The van der Waals surface area contributed by atoms with Gasteiger partial charge in [-0.05, 0) is 60.0 Å². The number of nitrogens with one attached hydrogen (secondary N) is 1. The second-order valence-corrected chi connectivity index (χ2v) is 8.31. The fourth-order valence-corrected chi connectivity index (χ4v) is 4.08. The normalized spacial score (nSPS) is 14.5. The standard InChI is InChI=1S/C26H28ClN3O/c1-2-20-7-9-21(10-8-20)26(31)28-23-11-13-24(14-12-23)30-17-15-29(16-18-30)19-22-5-3-4-6-25(22)27/h3-14H,2,15-19H2,1H3,(H,28,31). The summed E-state index contributed by atoms with van der Waals surface area (Å²) in [4.78, 5) is 17.3. The van der Waals surface area contributed by atoms with Crippen molar-refractivity contribution in [3.8, 4) is 0 Å². The minimum absolute atomic E-state index is 0.0800. The van der Waals surface area contributed by atoms with Crippen LogP contribution in [0.4, 0.5) is 11.4 Å². The van der Waals surface area contributed by atoms with E-state index in [1.54, 1.807) is 0 Å². The summed E-state index contributed by atoms with van der Waals surface area (Å²) >= 11 is 6.30. The van der Waals surface area contributed by atoms with Gasteiger partial charge in [-0.2, -0.15) is 0 Å². The van der Waals surface area contributed by atoms with Gasteiger partial charge in [0.2, 0.25) is 0 Å². The molecule has 1 fully saturated rings. The van der Waals surface area contributed by atoms with Crippen molar-refractivity contribution in [2.45, 2.75) is 19.9 Å². The first-order chi connectivity index (χ1) is 15.1. The monoisotopic (exact) mass is 433 g/mol. The number of anilines is 2. The lowest BCUT2D eigenvalue weighted by Crippen LogP contribution is -2.46. The van der Waals surface area contributed by atoms with E-state index in [0.717, 1.165) is 49.9 Å². The molecule has 1 aliphatic rings. The van der Waals surface area contributed by atoms with E-state index >= 15 is 0 Å². The van der Waals surface area contributed by atoms with Gasteiger partial charge in [0.1, 0.15) is 0 Å². The van der Waals surface area contributed by atoms with Crippen molar-refractivity contribution in [1.82, 2.24) is 4.90 Å². The Labute approximate surface area is 189 Å². The average Bonchev–Trinajstić information content (AvgIpc) is 2.82. The van der Waals surface area contributed by atoms with Crippen LogP contribution >= 0.6 is 11.6 Å². The Balaban J connectivity index is 1.30. The van der Waals surface area contributed by atoms with Crippen molar-refractivity contribution in [3.63, 3.8) is 0 Å². The number of benzene rings is 3. The lowest BCUT2D eigenvalue weighted by Gasteiger charge is -2.36. The molecule has 1 aliphatic heterocycles. The number of halogens is 1. The molecule has 0 spiro atoms. The molecule has 3 aromatic carbocycles. The molecular weight excluding hydrogens is 406 g/mol. The molecule has 0 saturated carbocycles. The Morgan fingerprint density at radius 1 is 0.903 bits per heavy atom. The average molecular weight is 434 g/mol. The molecule has 0 radical (unpaired) electrons. The minimum Gasteiger partial charge on any atom is -0.369 e. The number of aryl methyl sites for hydroxylation is 1. The summed E-state index contributed by atoms with van der Waals surface area (Å²) < 4.78 is 0. The van der Waals surface area contributed by atoms with Crippen LogP contribution in [0, 0.1) is 0 Å². The van der Waals surface area contributed by atoms with Crippen LogP contribution in [0.2, 0.25) is 5.02 Å². The summed E-state index contributed by atoms with van der Waals surface area (Å²) in [5.74, 6) is -0.0800. The van der Waals surface area contributed by atoms with Crippen molar-refractivity contribution in [2.24, 2.45) is 0 Å². The van der Waals surface area contributed by atoms with Crippen LogP contribution in [0.5, 0.6) is 0 Å². The molecule has 1 heterocycles. The third-order valence-corrected chi connectivity index (χ3v) is 6.21. The van der Waals surface area contributed by atoms with E-state index in [9.17, 15) is 4.79 Å². The van der Waals surface area contributed by atoms with Crippen molar-refractivity contribution in [1.29, 1.82) is 0 Å². The highest BCUT2D eigenvalue weighted by Crippen LogP contribution is 2.22. The second kappa shape index (κ2) is 9.99. The maximum absolute atomic E-state index is 12.5. The molecule has 1 N–H and O–H groups in total. The summed E-state index contributed by atoms with van der Waals surface area (Å²) in [5.41, 5.74) is 5.08. The number of carbonyl (C=O) groups excluding carboxylic acids is 1. The van der Waals surface area contributed by atoms with E-state index < -0.39 is 0 Å². The van der Waals surface area contributed by atoms with Gasteiger partial charge in [-0.3, -0.25) is 9.69 Å². The van der Waals surface area contributed by atoms with E-state index in [2.05, 4.69) is 40.2 Å². The van der Waals surface area contributed by atoms with Gasteiger partial charge in [0.25, 0.3) is 5.91 Å². The summed E-state index contributed by atoms with van der Waals surface area (Å²) in [6.07, 6.45) is 0.970. The first kappa shape index (κ1) is 21.4. The molecular formula is C26H28ClN3O. The highest BCUT2D eigenvalue weighted by molar-refractivity contribution is 6.31. The Kier molecular flexibility index (Phi) is 6.90. The van der Waals surface area contributed by atoms with E-state index in [4.69, 9.17) is 11.6 Å². The van der Waals surface area contributed by atoms with Crippen molar-refractivity contribution in [3.05, 3.63) is 94.5 Å². The van der Waals surface area contributed by atoms with Gasteiger partial charge in [0.15, 0.2) is 0 Å².